The summed E-state index contributed by atoms with van der Waals surface area (Å²) in [5.41, 5.74) is 0.900. The molecule has 5 heteroatoms. The first kappa shape index (κ1) is 13.9. The Bertz CT molecular complexity index is 613. The number of ether oxygens (including phenoxy) is 1. The zero-order valence-corrected chi connectivity index (χ0v) is 12.1. The molecule has 0 aliphatic carbocycles. The van der Waals surface area contributed by atoms with Crippen LogP contribution in [-0.4, -0.2) is 11.1 Å². The highest BCUT2D eigenvalue weighted by molar-refractivity contribution is 9.10. The maximum Gasteiger partial charge on any atom is 0.335 e. The molecule has 0 bridgehead atoms. The topological polar surface area (TPSA) is 46.5 Å². The molecule has 0 saturated carbocycles. The van der Waals surface area contributed by atoms with E-state index in [9.17, 15) is 4.79 Å². The van der Waals surface area contributed by atoms with Crippen LogP contribution in [0.3, 0.4) is 0 Å². The summed E-state index contributed by atoms with van der Waals surface area (Å²) in [6.45, 7) is 0.279. The predicted molar refractivity (Wildman–Crippen MR) is 76.9 cm³/mol. The lowest BCUT2D eigenvalue weighted by Gasteiger charge is -2.09. The molecule has 0 atom stereocenters. The summed E-state index contributed by atoms with van der Waals surface area (Å²) < 4.78 is 6.48. The maximum atomic E-state index is 10.8. The van der Waals surface area contributed by atoms with Crippen LogP contribution in [0.25, 0.3) is 0 Å². The van der Waals surface area contributed by atoms with Crippen molar-refractivity contribution in [1.29, 1.82) is 0 Å². The lowest BCUT2D eigenvalue weighted by Crippen LogP contribution is -2.00. The van der Waals surface area contributed by atoms with Crippen molar-refractivity contribution in [2.75, 3.05) is 0 Å². The van der Waals surface area contributed by atoms with E-state index in [-0.39, 0.29) is 12.2 Å². The number of rotatable bonds is 4. The monoisotopic (exact) mass is 340 g/mol. The van der Waals surface area contributed by atoms with Crippen molar-refractivity contribution in [3.63, 3.8) is 0 Å². The molecule has 0 fully saturated rings. The van der Waals surface area contributed by atoms with Crippen LogP contribution in [0.15, 0.2) is 46.9 Å². The first-order valence-corrected chi connectivity index (χ1v) is 6.64. The minimum atomic E-state index is -1.000. The molecule has 0 heterocycles. The Morgan fingerprint density at radius 1 is 1.26 bits per heavy atom. The lowest BCUT2D eigenvalue weighted by molar-refractivity contribution is 0.0697. The molecule has 2 aromatic rings. The number of carboxylic acid groups (broad SMARTS) is 1. The highest BCUT2D eigenvalue weighted by atomic mass is 79.9. The van der Waals surface area contributed by atoms with Crippen molar-refractivity contribution in [1.82, 2.24) is 0 Å². The van der Waals surface area contributed by atoms with Gasteiger partial charge in [0.05, 0.1) is 10.0 Å². The summed E-state index contributed by atoms with van der Waals surface area (Å²) in [7, 11) is 0. The summed E-state index contributed by atoms with van der Waals surface area (Å²) in [4.78, 5) is 10.8. The molecule has 0 unspecified atom stereocenters. The van der Waals surface area contributed by atoms with Crippen molar-refractivity contribution in [3.05, 3.63) is 63.1 Å². The molecule has 0 aliphatic heterocycles. The van der Waals surface area contributed by atoms with Gasteiger partial charge >= 0.3 is 5.97 Å². The lowest BCUT2D eigenvalue weighted by atomic mass is 10.1. The van der Waals surface area contributed by atoms with Crippen molar-refractivity contribution >= 4 is 33.5 Å². The first-order valence-electron chi connectivity index (χ1n) is 5.47. The number of carboxylic acids is 1. The van der Waals surface area contributed by atoms with Gasteiger partial charge < -0.3 is 9.84 Å². The smallest absolute Gasteiger partial charge is 0.335 e. The van der Waals surface area contributed by atoms with E-state index in [1.165, 1.54) is 12.1 Å². The Morgan fingerprint density at radius 3 is 2.63 bits per heavy atom. The average Bonchev–Trinajstić information content (AvgIpc) is 2.39. The molecule has 0 radical (unpaired) electrons. The average molecular weight is 342 g/mol. The minimum Gasteiger partial charge on any atom is -0.488 e. The summed E-state index contributed by atoms with van der Waals surface area (Å²) in [6, 6.07) is 12.1. The molecule has 3 nitrogen and oxygen atoms in total. The third kappa shape index (κ3) is 3.49. The number of carbonyl (C=O) groups is 1. The summed E-state index contributed by atoms with van der Waals surface area (Å²) in [6.07, 6.45) is 0. The maximum absolute atomic E-state index is 10.8. The molecule has 0 saturated heterocycles. The standard InChI is InChI=1S/C14H10BrClO3/c15-11-3-1-2-4-13(11)19-8-10-6-5-9(14(17)18)7-12(10)16/h1-7H,8H2,(H,17,18). The first-order chi connectivity index (χ1) is 9.08. The van der Waals surface area contributed by atoms with Gasteiger partial charge in [0.15, 0.2) is 0 Å². The van der Waals surface area contributed by atoms with Gasteiger partial charge in [-0.25, -0.2) is 4.79 Å². The van der Waals surface area contributed by atoms with E-state index in [4.69, 9.17) is 21.4 Å². The molecular formula is C14H10BrClO3. The van der Waals surface area contributed by atoms with Gasteiger partial charge in [-0.1, -0.05) is 29.8 Å². The zero-order chi connectivity index (χ0) is 13.8. The van der Waals surface area contributed by atoms with Gasteiger partial charge in [-0.2, -0.15) is 0 Å². The second-order valence-electron chi connectivity index (χ2n) is 3.83. The number of benzene rings is 2. The van der Waals surface area contributed by atoms with Crippen molar-refractivity contribution < 1.29 is 14.6 Å². The fourth-order valence-electron chi connectivity index (χ4n) is 1.51. The van der Waals surface area contributed by atoms with Crippen molar-refractivity contribution in [2.24, 2.45) is 0 Å². The molecule has 2 rings (SSSR count). The molecule has 0 amide bonds. The minimum absolute atomic E-state index is 0.162. The Hall–Kier alpha value is -1.52. The number of aromatic carboxylic acids is 1. The van der Waals surface area contributed by atoms with Crippen LogP contribution in [0, 0.1) is 0 Å². The van der Waals surface area contributed by atoms with Crippen molar-refractivity contribution in [3.8, 4) is 5.75 Å². The van der Waals surface area contributed by atoms with Gasteiger partial charge in [0.2, 0.25) is 0 Å². The summed E-state index contributed by atoms with van der Waals surface area (Å²) in [5, 5.41) is 9.23. The van der Waals surface area contributed by atoms with Gasteiger partial charge in [-0.15, -0.1) is 0 Å². The van der Waals surface area contributed by atoms with E-state index in [2.05, 4.69) is 15.9 Å². The van der Waals surface area contributed by atoms with E-state index >= 15 is 0 Å². The fraction of sp³-hybridized carbons (Fsp3) is 0.0714. The van der Waals surface area contributed by atoms with Crippen LogP contribution in [0.4, 0.5) is 0 Å². The van der Waals surface area contributed by atoms with E-state index < -0.39 is 5.97 Å². The van der Waals surface area contributed by atoms with E-state index in [1.807, 2.05) is 24.3 Å². The van der Waals surface area contributed by atoms with Gasteiger partial charge in [-0.05, 0) is 40.2 Å². The Kier molecular flexibility index (Phi) is 4.45. The van der Waals surface area contributed by atoms with Crippen LogP contribution in [-0.2, 0) is 6.61 Å². The highest BCUT2D eigenvalue weighted by Gasteiger charge is 2.08. The number of hydrogen-bond donors (Lipinski definition) is 1. The molecule has 0 spiro atoms. The number of hydrogen-bond acceptors (Lipinski definition) is 2. The van der Waals surface area contributed by atoms with Crippen LogP contribution in [0.5, 0.6) is 5.75 Å². The van der Waals surface area contributed by atoms with Crippen LogP contribution in [0.2, 0.25) is 5.02 Å². The molecule has 0 aromatic heterocycles. The highest BCUT2D eigenvalue weighted by Crippen LogP contribution is 2.26. The second-order valence-corrected chi connectivity index (χ2v) is 5.09. The van der Waals surface area contributed by atoms with Gasteiger partial charge in [-0.3, -0.25) is 0 Å². The molecular weight excluding hydrogens is 332 g/mol. The molecule has 19 heavy (non-hydrogen) atoms. The Labute approximate surface area is 123 Å². The third-order valence-electron chi connectivity index (χ3n) is 2.52. The van der Waals surface area contributed by atoms with Gasteiger partial charge in [0.1, 0.15) is 12.4 Å². The number of para-hydroxylation sites is 1. The number of halogens is 2. The Morgan fingerprint density at radius 2 is 2.00 bits per heavy atom. The normalized spacial score (nSPS) is 10.2. The van der Waals surface area contributed by atoms with Crippen molar-refractivity contribution in [2.45, 2.75) is 6.61 Å². The third-order valence-corrected chi connectivity index (χ3v) is 3.53. The van der Waals surface area contributed by atoms with Crippen LogP contribution >= 0.6 is 27.5 Å². The summed E-state index contributed by atoms with van der Waals surface area (Å²) >= 11 is 9.41. The molecule has 2 aromatic carbocycles. The van der Waals surface area contributed by atoms with Gasteiger partial charge in [0, 0.05) is 10.6 Å². The quantitative estimate of drug-likeness (QED) is 0.897. The van der Waals surface area contributed by atoms with E-state index in [0.29, 0.717) is 10.8 Å². The molecule has 1 N–H and O–H groups in total. The molecule has 0 aliphatic rings. The SMILES string of the molecule is O=C(O)c1ccc(COc2ccccc2Br)c(Cl)c1. The predicted octanol–water partition coefficient (Wildman–Crippen LogP) is 4.38. The second kappa shape index (κ2) is 6.08. The van der Waals surface area contributed by atoms with Crippen LogP contribution in [0.1, 0.15) is 15.9 Å². The summed E-state index contributed by atoms with van der Waals surface area (Å²) in [5.74, 6) is -0.291. The largest absolute Gasteiger partial charge is 0.488 e. The van der Waals surface area contributed by atoms with E-state index in [0.717, 1.165) is 10.0 Å². The fourth-order valence-corrected chi connectivity index (χ4v) is 2.15. The zero-order valence-electron chi connectivity index (χ0n) is 9.77. The van der Waals surface area contributed by atoms with Gasteiger partial charge in [0.25, 0.3) is 0 Å². The van der Waals surface area contributed by atoms with Crippen LogP contribution < -0.4 is 4.74 Å². The molecule has 98 valence electrons. The van der Waals surface area contributed by atoms with E-state index in [1.54, 1.807) is 6.07 Å². The Balaban J connectivity index is 2.12.